The number of ether oxygens (including phenoxy) is 3. The van der Waals surface area contributed by atoms with Crippen molar-refractivity contribution in [1.29, 1.82) is 0 Å². The minimum absolute atomic E-state index is 0.139. The van der Waals surface area contributed by atoms with Gasteiger partial charge in [-0.2, -0.15) is 0 Å². The number of hydrogen-bond donors (Lipinski definition) is 1. The molecule has 1 atom stereocenters. The number of thiazole rings is 1. The zero-order chi connectivity index (χ0) is 31.2. The van der Waals surface area contributed by atoms with Crippen LogP contribution in [0.3, 0.4) is 0 Å². The number of allylic oxidation sites excluding steroid dienone is 1. The summed E-state index contributed by atoms with van der Waals surface area (Å²) in [6.45, 7) is 7.95. The predicted octanol–water partition coefficient (Wildman–Crippen LogP) is 4.52. The van der Waals surface area contributed by atoms with Crippen LogP contribution in [0.25, 0.3) is 6.08 Å². The van der Waals surface area contributed by atoms with E-state index in [1.165, 1.54) is 11.3 Å². The number of aromatic nitrogens is 1. The standard InChI is InChI=1S/C34H33N3O6S/c1-5-41-26-16-12-24(13-17-26)31-30(33(40)42-6-2)22(4)35-34-37(31)32(39)28(44-34)19-23-10-14-27(15-11-23)43-20-29(38)36-25-9-7-8-21(3)18-25/h7-19,31H,5-6,20H2,1-4H3,(H,36,38)/b28-19-/t31-/m1/s1. The monoisotopic (exact) mass is 611 g/mol. The fourth-order valence-electron chi connectivity index (χ4n) is 4.90. The van der Waals surface area contributed by atoms with Crippen molar-refractivity contribution >= 4 is 35.0 Å². The first-order chi connectivity index (χ1) is 21.3. The van der Waals surface area contributed by atoms with Gasteiger partial charge in [-0.05, 0) is 86.9 Å². The number of carbonyl (C=O) groups excluding carboxylic acids is 2. The Morgan fingerprint density at radius 2 is 1.66 bits per heavy atom. The first kappa shape index (κ1) is 30.5. The molecule has 0 unspecified atom stereocenters. The minimum Gasteiger partial charge on any atom is -0.494 e. The van der Waals surface area contributed by atoms with Gasteiger partial charge < -0.3 is 19.5 Å². The van der Waals surface area contributed by atoms with Crippen LogP contribution in [0, 0.1) is 6.92 Å². The molecule has 0 aliphatic carbocycles. The molecule has 44 heavy (non-hydrogen) atoms. The molecular formula is C34H33N3O6S. The van der Waals surface area contributed by atoms with Gasteiger partial charge in [0.2, 0.25) is 0 Å². The van der Waals surface area contributed by atoms with E-state index in [-0.39, 0.29) is 24.7 Å². The summed E-state index contributed by atoms with van der Waals surface area (Å²) in [5.41, 5.74) is 3.83. The van der Waals surface area contributed by atoms with Gasteiger partial charge in [0, 0.05) is 5.69 Å². The van der Waals surface area contributed by atoms with Crippen molar-refractivity contribution in [1.82, 2.24) is 4.57 Å². The third-order valence-corrected chi connectivity index (χ3v) is 7.86. The normalized spacial score (nSPS) is 14.5. The average Bonchev–Trinajstić information content (AvgIpc) is 3.30. The van der Waals surface area contributed by atoms with Gasteiger partial charge in [-0.25, -0.2) is 9.79 Å². The van der Waals surface area contributed by atoms with Crippen molar-refractivity contribution in [3.8, 4) is 11.5 Å². The SMILES string of the molecule is CCOC(=O)C1=C(C)N=c2s/c(=C\c3ccc(OCC(=O)Nc4cccc(C)c4)cc3)c(=O)n2[C@@H]1c1ccc(OCC)cc1. The highest BCUT2D eigenvalue weighted by molar-refractivity contribution is 7.07. The summed E-state index contributed by atoms with van der Waals surface area (Å²) in [6, 6.07) is 21.3. The third-order valence-electron chi connectivity index (χ3n) is 6.87. The maximum absolute atomic E-state index is 13.8. The number of benzene rings is 3. The van der Waals surface area contributed by atoms with Gasteiger partial charge in [0.25, 0.3) is 11.5 Å². The quantitative estimate of drug-likeness (QED) is 0.264. The average molecular weight is 612 g/mol. The molecule has 0 fully saturated rings. The van der Waals surface area contributed by atoms with Crippen LogP contribution in [-0.4, -0.2) is 36.3 Å². The molecule has 1 N–H and O–H groups in total. The van der Waals surface area contributed by atoms with E-state index in [1.54, 1.807) is 36.6 Å². The Morgan fingerprint density at radius 1 is 0.955 bits per heavy atom. The van der Waals surface area contributed by atoms with Crippen molar-refractivity contribution in [3.63, 3.8) is 0 Å². The molecule has 1 amide bonds. The number of amides is 1. The van der Waals surface area contributed by atoms with Crippen molar-refractivity contribution in [3.05, 3.63) is 120 Å². The van der Waals surface area contributed by atoms with Crippen molar-refractivity contribution in [2.75, 3.05) is 25.1 Å². The molecule has 10 heteroatoms. The number of carbonyl (C=O) groups is 2. The Kier molecular flexibility index (Phi) is 9.40. The first-order valence-electron chi connectivity index (χ1n) is 14.3. The van der Waals surface area contributed by atoms with Gasteiger partial charge in [0.1, 0.15) is 11.5 Å². The molecule has 0 spiro atoms. The Hall–Kier alpha value is -4.96. The van der Waals surface area contributed by atoms with E-state index in [2.05, 4.69) is 10.3 Å². The summed E-state index contributed by atoms with van der Waals surface area (Å²) < 4.78 is 18.6. The van der Waals surface area contributed by atoms with E-state index in [1.807, 2.05) is 74.5 Å². The second kappa shape index (κ2) is 13.6. The molecule has 1 aliphatic rings. The molecule has 1 aromatic heterocycles. The van der Waals surface area contributed by atoms with E-state index in [4.69, 9.17) is 14.2 Å². The highest BCUT2D eigenvalue weighted by Gasteiger charge is 2.33. The fraction of sp³-hybridized carbons (Fsp3) is 0.235. The number of anilines is 1. The van der Waals surface area contributed by atoms with Gasteiger partial charge in [0.15, 0.2) is 11.4 Å². The zero-order valence-corrected chi connectivity index (χ0v) is 25.8. The molecular weight excluding hydrogens is 578 g/mol. The van der Waals surface area contributed by atoms with Crippen molar-refractivity contribution in [2.24, 2.45) is 4.99 Å². The molecule has 9 nitrogen and oxygen atoms in total. The van der Waals surface area contributed by atoms with Gasteiger partial charge >= 0.3 is 5.97 Å². The van der Waals surface area contributed by atoms with E-state index < -0.39 is 12.0 Å². The molecule has 5 rings (SSSR count). The summed E-state index contributed by atoms with van der Waals surface area (Å²) in [4.78, 5) is 44.4. The summed E-state index contributed by atoms with van der Waals surface area (Å²) in [5, 5.41) is 2.82. The smallest absolute Gasteiger partial charge is 0.338 e. The maximum atomic E-state index is 13.8. The molecule has 3 aromatic carbocycles. The van der Waals surface area contributed by atoms with Crippen LogP contribution in [-0.2, 0) is 14.3 Å². The topological polar surface area (TPSA) is 108 Å². The summed E-state index contributed by atoms with van der Waals surface area (Å²) in [5.74, 6) is 0.444. The van der Waals surface area contributed by atoms with Gasteiger partial charge in [-0.15, -0.1) is 0 Å². The largest absolute Gasteiger partial charge is 0.494 e. The third kappa shape index (κ3) is 6.81. The van der Waals surface area contributed by atoms with E-state index in [0.717, 1.165) is 16.7 Å². The first-order valence-corrected chi connectivity index (χ1v) is 15.1. The van der Waals surface area contributed by atoms with E-state index in [0.29, 0.717) is 44.4 Å². The number of rotatable bonds is 10. The number of hydrogen-bond acceptors (Lipinski definition) is 8. The van der Waals surface area contributed by atoms with Crippen molar-refractivity contribution in [2.45, 2.75) is 33.7 Å². The number of aryl methyl sites for hydroxylation is 1. The van der Waals surface area contributed by atoms with Crippen LogP contribution >= 0.6 is 11.3 Å². The van der Waals surface area contributed by atoms with Crippen LogP contribution in [0.1, 0.15) is 43.5 Å². The van der Waals surface area contributed by atoms with Crippen LogP contribution in [0.4, 0.5) is 5.69 Å². The molecule has 0 saturated heterocycles. The van der Waals surface area contributed by atoms with Crippen molar-refractivity contribution < 1.29 is 23.8 Å². The Bertz CT molecular complexity index is 1890. The predicted molar refractivity (Wildman–Crippen MR) is 170 cm³/mol. The lowest BCUT2D eigenvalue weighted by atomic mass is 9.96. The number of nitrogens with zero attached hydrogens (tertiary/aromatic N) is 2. The minimum atomic E-state index is -0.704. The second-order valence-electron chi connectivity index (χ2n) is 10.1. The van der Waals surface area contributed by atoms with Crippen LogP contribution in [0.2, 0.25) is 0 Å². The molecule has 2 heterocycles. The number of esters is 1. The molecule has 0 radical (unpaired) electrons. The summed E-state index contributed by atoms with van der Waals surface area (Å²) in [7, 11) is 0. The highest BCUT2D eigenvalue weighted by Crippen LogP contribution is 2.31. The zero-order valence-electron chi connectivity index (χ0n) is 25.0. The molecule has 4 aromatic rings. The molecule has 0 bridgehead atoms. The lowest BCUT2D eigenvalue weighted by Gasteiger charge is -2.24. The van der Waals surface area contributed by atoms with E-state index in [9.17, 15) is 14.4 Å². The van der Waals surface area contributed by atoms with Gasteiger partial charge in [-0.3, -0.25) is 14.2 Å². The lowest BCUT2D eigenvalue weighted by Crippen LogP contribution is -2.39. The van der Waals surface area contributed by atoms with Crippen LogP contribution < -0.4 is 29.7 Å². The Labute approximate surface area is 258 Å². The van der Waals surface area contributed by atoms with Gasteiger partial charge in [0.05, 0.1) is 35.1 Å². The van der Waals surface area contributed by atoms with Crippen LogP contribution in [0.5, 0.6) is 11.5 Å². The number of fused-ring (bicyclic) bond motifs is 1. The van der Waals surface area contributed by atoms with E-state index >= 15 is 0 Å². The molecule has 1 aliphatic heterocycles. The Morgan fingerprint density at radius 3 is 2.34 bits per heavy atom. The molecule has 226 valence electrons. The molecule has 0 saturated carbocycles. The van der Waals surface area contributed by atoms with Gasteiger partial charge in [-0.1, -0.05) is 47.7 Å². The second-order valence-corrected chi connectivity index (χ2v) is 11.1. The fourth-order valence-corrected chi connectivity index (χ4v) is 5.95. The highest BCUT2D eigenvalue weighted by atomic mass is 32.1. The maximum Gasteiger partial charge on any atom is 0.338 e. The number of nitrogens with one attached hydrogen (secondary N) is 1. The Balaban J connectivity index is 1.40. The summed E-state index contributed by atoms with van der Waals surface area (Å²) >= 11 is 1.25. The lowest BCUT2D eigenvalue weighted by molar-refractivity contribution is -0.139. The van der Waals surface area contributed by atoms with Crippen LogP contribution in [0.15, 0.2) is 93.9 Å². The summed E-state index contributed by atoms with van der Waals surface area (Å²) in [6.07, 6.45) is 1.77.